The molecular weight excluding hydrogens is 354 g/mol. The number of aryl methyl sites for hydroxylation is 1. The Bertz CT molecular complexity index is 720. The van der Waals surface area contributed by atoms with E-state index >= 15 is 0 Å². The largest absolute Gasteiger partial charge is 0.463 e. The first-order chi connectivity index (χ1) is 12.3. The Hall–Kier alpha value is -2.48. The van der Waals surface area contributed by atoms with Crippen LogP contribution in [0.5, 0.6) is 0 Å². The molecule has 7 nitrogen and oxygen atoms in total. The normalized spacial score (nSPS) is 16.8. The van der Waals surface area contributed by atoms with Crippen molar-refractivity contribution in [1.29, 1.82) is 0 Å². The number of hydrogen-bond donors (Lipinski definition) is 2. The quantitative estimate of drug-likeness (QED) is 0.605. The lowest BCUT2D eigenvalue weighted by molar-refractivity contribution is -0.150. The zero-order chi connectivity index (χ0) is 19.3. The summed E-state index contributed by atoms with van der Waals surface area (Å²) >= 11 is 5.33. The fourth-order valence-electron chi connectivity index (χ4n) is 2.69. The molecule has 1 aliphatic rings. The van der Waals surface area contributed by atoms with Gasteiger partial charge in [-0.05, 0) is 44.6 Å². The van der Waals surface area contributed by atoms with E-state index in [1.165, 1.54) is 0 Å². The van der Waals surface area contributed by atoms with Crippen LogP contribution in [-0.2, 0) is 14.3 Å². The number of carbonyl (C=O) groups excluding carboxylic acids is 3. The number of benzene rings is 1. The van der Waals surface area contributed by atoms with Crippen molar-refractivity contribution in [3.63, 3.8) is 0 Å². The highest BCUT2D eigenvalue weighted by atomic mass is 32.1. The maximum atomic E-state index is 12.5. The highest BCUT2D eigenvalue weighted by Gasteiger charge is 2.34. The highest BCUT2D eigenvalue weighted by Crippen LogP contribution is 2.12. The Morgan fingerprint density at radius 1 is 1.38 bits per heavy atom. The van der Waals surface area contributed by atoms with Gasteiger partial charge in [0.05, 0.1) is 12.5 Å². The third-order valence-corrected chi connectivity index (χ3v) is 4.27. The van der Waals surface area contributed by atoms with Crippen LogP contribution in [-0.4, -0.2) is 53.0 Å². The Morgan fingerprint density at radius 3 is 2.73 bits per heavy atom. The molecule has 0 spiro atoms. The van der Waals surface area contributed by atoms with Crippen molar-refractivity contribution in [2.75, 3.05) is 13.1 Å². The zero-order valence-corrected chi connectivity index (χ0v) is 15.9. The average Bonchev–Trinajstić information content (AvgIpc) is 2.56. The molecule has 1 atom stereocenters. The molecule has 2 amide bonds. The number of thiocarbonyl (C=S) groups is 1. The molecule has 0 bridgehead atoms. The van der Waals surface area contributed by atoms with Gasteiger partial charge in [-0.1, -0.05) is 18.2 Å². The van der Waals surface area contributed by atoms with Crippen LogP contribution in [0.25, 0.3) is 0 Å². The van der Waals surface area contributed by atoms with Gasteiger partial charge in [-0.3, -0.25) is 19.7 Å². The Labute approximate surface area is 158 Å². The second-order valence-corrected chi connectivity index (χ2v) is 6.70. The molecule has 2 N–H and O–H groups in total. The van der Waals surface area contributed by atoms with E-state index in [1.54, 1.807) is 30.9 Å². The first-order valence-electron chi connectivity index (χ1n) is 8.44. The summed E-state index contributed by atoms with van der Waals surface area (Å²) in [4.78, 5) is 38.2. The molecule has 0 saturated carbocycles. The zero-order valence-electron chi connectivity index (χ0n) is 15.1. The van der Waals surface area contributed by atoms with Gasteiger partial charge in [-0.15, -0.1) is 0 Å². The summed E-state index contributed by atoms with van der Waals surface area (Å²) in [6.45, 7) is 6.09. The number of rotatable bonds is 4. The molecule has 0 aliphatic carbocycles. The molecule has 8 heteroatoms. The van der Waals surface area contributed by atoms with Gasteiger partial charge in [-0.25, -0.2) is 0 Å². The molecule has 1 fully saturated rings. The summed E-state index contributed by atoms with van der Waals surface area (Å²) in [6.07, 6.45) is -0.403. The minimum atomic E-state index is -0.806. The van der Waals surface area contributed by atoms with Crippen molar-refractivity contribution < 1.29 is 19.1 Å². The van der Waals surface area contributed by atoms with Crippen molar-refractivity contribution in [2.45, 2.75) is 39.3 Å². The van der Waals surface area contributed by atoms with Gasteiger partial charge in [0.15, 0.2) is 5.11 Å². The second-order valence-electron chi connectivity index (χ2n) is 6.32. The minimum absolute atomic E-state index is 0.121. The summed E-state index contributed by atoms with van der Waals surface area (Å²) < 4.78 is 5.12. The van der Waals surface area contributed by atoms with E-state index < -0.39 is 12.0 Å². The molecular formula is C18H23N3O4S. The molecule has 1 aromatic rings. The second kappa shape index (κ2) is 8.75. The number of carbonyl (C=O) groups is 3. The van der Waals surface area contributed by atoms with Crippen molar-refractivity contribution in [3.05, 3.63) is 35.4 Å². The van der Waals surface area contributed by atoms with E-state index in [1.807, 2.05) is 19.1 Å². The van der Waals surface area contributed by atoms with Crippen LogP contribution in [0.3, 0.4) is 0 Å². The van der Waals surface area contributed by atoms with Gasteiger partial charge in [0.1, 0.15) is 6.04 Å². The van der Waals surface area contributed by atoms with Crippen LogP contribution in [0.4, 0.5) is 0 Å². The van der Waals surface area contributed by atoms with E-state index in [2.05, 4.69) is 10.6 Å². The molecule has 1 aliphatic heterocycles. The SMILES string of the molecule is Cc1ccccc1C(=O)NC(=S)N1CCNC(=O)[C@H]1CC(=O)OC(C)C. The molecule has 0 aromatic heterocycles. The van der Waals surface area contributed by atoms with Crippen LogP contribution in [0.1, 0.15) is 36.2 Å². The van der Waals surface area contributed by atoms with Gasteiger partial charge in [0.25, 0.3) is 5.91 Å². The van der Waals surface area contributed by atoms with E-state index in [4.69, 9.17) is 17.0 Å². The van der Waals surface area contributed by atoms with Crippen LogP contribution >= 0.6 is 12.2 Å². The molecule has 1 heterocycles. The molecule has 2 rings (SSSR count). The standard InChI is InChI=1S/C18H23N3O4S/c1-11(2)25-15(22)10-14-17(24)19-8-9-21(14)18(26)20-16(23)13-7-5-4-6-12(13)3/h4-7,11,14H,8-10H2,1-3H3,(H,19,24)(H,20,23,26)/t14-/m1/s1. The van der Waals surface area contributed by atoms with Gasteiger partial charge < -0.3 is 15.0 Å². The lowest BCUT2D eigenvalue weighted by Gasteiger charge is -2.36. The van der Waals surface area contributed by atoms with Crippen LogP contribution in [0.2, 0.25) is 0 Å². The Balaban J connectivity index is 2.09. The third-order valence-electron chi connectivity index (χ3n) is 3.93. The van der Waals surface area contributed by atoms with Gasteiger partial charge >= 0.3 is 5.97 Å². The van der Waals surface area contributed by atoms with E-state index in [-0.39, 0.29) is 29.5 Å². The van der Waals surface area contributed by atoms with E-state index in [0.717, 1.165) is 5.56 Å². The number of ether oxygens (including phenoxy) is 1. The fraction of sp³-hybridized carbons (Fsp3) is 0.444. The maximum absolute atomic E-state index is 12.5. The van der Waals surface area contributed by atoms with Crippen molar-refractivity contribution in [2.24, 2.45) is 0 Å². The maximum Gasteiger partial charge on any atom is 0.308 e. The predicted octanol–water partition coefficient (Wildman–Crippen LogP) is 1.15. The minimum Gasteiger partial charge on any atom is -0.463 e. The topological polar surface area (TPSA) is 87.7 Å². The molecule has 26 heavy (non-hydrogen) atoms. The van der Waals surface area contributed by atoms with Gasteiger partial charge in [-0.2, -0.15) is 0 Å². The Kier molecular flexibility index (Phi) is 6.68. The monoisotopic (exact) mass is 377 g/mol. The van der Waals surface area contributed by atoms with Crippen LogP contribution in [0.15, 0.2) is 24.3 Å². The van der Waals surface area contributed by atoms with Gasteiger partial charge in [0, 0.05) is 18.7 Å². The average molecular weight is 377 g/mol. The molecule has 0 radical (unpaired) electrons. The number of esters is 1. The summed E-state index contributed by atoms with van der Waals surface area (Å²) in [6, 6.07) is 6.34. The molecule has 0 unspecified atom stereocenters. The number of hydrogen-bond acceptors (Lipinski definition) is 5. The lowest BCUT2D eigenvalue weighted by Crippen LogP contribution is -2.60. The van der Waals surface area contributed by atoms with Crippen molar-refractivity contribution in [3.8, 4) is 0 Å². The van der Waals surface area contributed by atoms with Crippen molar-refractivity contribution >= 4 is 35.1 Å². The smallest absolute Gasteiger partial charge is 0.308 e. The van der Waals surface area contributed by atoms with Crippen LogP contribution in [0, 0.1) is 6.92 Å². The number of amides is 2. The van der Waals surface area contributed by atoms with E-state index in [0.29, 0.717) is 18.7 Å². The van der Waals surface area contributed by atoms with Crippen LogP contribution < -0.4 is 10.6 Å². The lowest BCUT2D eigenvalue weighted by atomic mass is 10.1. The summed E-state index contributed by atoms with van der Waals surface area (Å²) in [5.41, 5.74) is 1.33. The first kappa shape index (κ1) is 19.8. The fourth-order valence-corrected chi connectivity index (χ4v) is 3.00. The highest BCUT2D eigenvalue weighted by molar-refractivity contribution is 7.80. The third kappa shape index (κ3) is 5.01. The summed E-state index contributed by atoms with van der Waals surface area (Å²) in [7, 11) is 0. The number of nitrogens with zero attached hydrogens (tertiary/aromatic N) is 1. The summed E-state index contributed by atoms with van der Waals surface area (Å²) in [5, 5.41) is 5.49. The molecule has 140 valence electrons. The first-order valence-corrected chi connectivity index (χ1v) is 8.85. The van der Waals surface area contributed by atoms with Crippen molar-refractivity contribution in [1.82, 2.24) is 15.5 Å². The number of nitrogens with one attached hydrogen (secondary N) is 2. The molecule has 1 aromatic carbocycles. The predicted molar refractivity (Wildman–Crippen MR) is 101 cm³/mol. The molecule has 1 saturated heterocycles. The number of piperazine rings is 1. The Morgan fingerprint density at radius 2 is 2.08 bits per heavy atom. The summed E-state index contributed by atoms with van der Waals surface area (Å²) in [5.74, 6) is -1.15. The van der Waals surface area contributed by atoms with E-state index in [9.17, 15) is 14.4 Å². The van der Waals surface area contributed by atoms with Gasteiger partial charge in [0.2, 0.25) is 5.91 Å².